The molecule has 3 aromatic rings. The molecule has 1 aromatic carbocycles. The second-order valence-electron chi connectivity index (χ2n) is 4.29. The third kappa shape index (κ3) is 1.91. The number of aryl methyl sites for hydroxylation is 1. The normalized spacial score (nSPS) is 10.8. The first-order valence-corrected chi connectivity index (χ1v) is 5.80. The van der Waals surface area contributed by atoms with Crippen LogP contribution in [0.1, 0.15) is 21.7 Å². The zero-order valence-electron chi connectivity index (χ0n) is 10.2. The highest BCUT2D eigenvalue weighted by Gasteiger charge is 2.17. The highest BCUT2D eigenvalue weighted by Crippen LogP contribution is 2.24. The Hall–Kier alpha value is -2.49. The number of carbonyl (C=O) groups excluding carboxylic acids is 1. The summed E-state index contributed by atoms with van der Waals surface area (Å²) in [5.74, 6) is -0.642. The van der Waals surface area contributed by atoms with Crippen LogP contribution in [-0.2, 0) is 0 Å². The lowest BCUT2D eigenvalue weighted by molar-refractivity contribution is 0.101. The molecule has 0 atom stereocenters. The van der Waals surface area contributed by atoms with Crippen molar-refractivity contribution in [2.24, 2.45) is 0 Å². The Bertz CT molecular complexity index is 777. The summed E-state index contributed by atoms with van der Waals surface area (Å²) in [6.45, 7) is 1.82. The third-order valence-electron chi connectivity index (χ3n) is 3.00. The Morgan fingerprint density at radius 1 is 1.32 bits per heavy atom. The summed E-state index contributed by atoms with van der Waals surface area (Å²) in [7, 11) is 0. The Balaban J connectivity index is 2.12. The fourth-order valence-corrected chi connectivity index (χ4v) is 1.97. The van der Waals surface area contributed by atoms with Crippen molar-refractivity contribution < 1.29 is 13.6 Å². The largest absolute Gasteiger partial charge is 0.449 e. The molecule has 0 unspecified atom stereocenters. The summed E-state index contributed by atoms with van der Waals surface area (Å²) in [6, 6.07) is 7.88. The molecule has 0 saturated heterocycles. The van der Waals surface area contributed by atoms with E-state index in [1.54, 1.807) is 30.5 Å². The molecule has 4 heteroatoms. The number of nitrogens with zero attached hydrogens (tertiary/aromatic N) is 1. The molecule has 3 rings (SSSR count). The van der Waals surface area contributed by atoms with Crippen LogP contribution in [0.5, 0.6) is 0 Å². The second-order valence-corrected chi connectivity index (χ2v) is 4.29. The number of fused-ring (bicyclic) bond motifs is 1. The Morgan fingerprint density at radius 2 is 2.16 bits per heavy atom. The van der Waals surface area contributed by atoms with E-state index in [1.807, 2.05) is 6.92 Å². The SMILES string of the molecule is Cc1ccncc1C(=O)c1cc2cccc(F)c2o1. The van der Waals surface area contributed by atoms with Crippen LogP contribution < -0.4 is 0 Å². The van der Waals surface area contributed by atoms with Gasteiger partial charge in [-0.2, -0.15) is 0 Å². The molecule has 0 radical (unpaired) electrons. The van der Waals surface area contributed by atoms with Crippen LogP contribution >= 0.6 is 0 Å². The minimum absolute atomic E-state index is 0.104. The summed E-state index contributed by atoms with van der Waals surface area (Å²) in [6.07, 6.45) is 3.10. The van der Waals surface area contributed by atoms with Gasteiger partial charge in [0, 0.05) is 23.3 Å². The molecule has 0 spiro atoms. The Morgan fingerprint density at radius 3 is 2.89 bits per heavy atom. The molecule has 19 heavy (non-hydrogen) atoms. The van der Waals surface area contributed by atoms with E-state index in [-0.39, 0.29) is 17.1 Å². The monoisotopic (exact) mass is 255 g/mol. The van der Waals surface area contributed by atoms with E-state index in [0.29, 0.717) is 10.9 Å². The number of furan rings is 1. The van der Waals surface area contributed by atoms with Gasteiger partial charge in [0.05, 0.1) is 0 Å². The van der Waals surface area contributed by atoms with Gasteiger partial charge in [-0.25, -0.2) is 4.39 Å². The van der Waals surface area contributed by atoms with Crippen molar-refractivity contribution >= 4 is 16.8 Å². The molecule has 0 bridgehead atoms. The van der Waals surface area contributed by atoms with E-state index in [4.69, 9.17) is 4.42 Å². The van der Waals surface area contributed by atoms with E-state index < -0.39 is 5.82 Å². The Labute approximate surface area is 108 Å². The first-order chi connectivity index (χ1) is 9.16. The maximum Gasteiger partial charge on any atom is 0.230 e. The molecule has 3 nitrogen and oxygen atoms in total. The van der Waals surface area contributed by atoms with Gasteiger partial charge >= 0.3 is 0 Å². The number of benzene rings is 1. The molecule has 0 aliphatic carbocycles. The first-order valence-electron chi connectivity index (χ1n) is 5.80. The summed E-state index contributed by atoms with van der Waals surface area (Å²) < 4.78 is 18.8. The van der Waals surface area contributed by atoms with Crippen LogP contribution in [0.4, 0.5) is 4.39 Å². The molecule has 0 N–H and O–H groups in total. The number of rotatable bonds is 2. The van der Waals surface area contributed by atoms with Gasteiger partial charge in [0.1, 0.15) is 0 Å². The summed E-state index contributed by atoms with van der Waals surface area (Å²) in [5.41, 5.74) is 1.37. The van der Waals surface area contributed by atoms with Crippen molar-refractivity contribution in [3.05, 3.63) is 65.4 Å². The van der Waals surface area contributed by atoms with E-state index in [9.17, 15) is 9.18 Å². The van der Waals surface area contributed by atoms with Crippen LogP contribution in [0.15, 0.2) is 47.1 Å². The standard InChI is InChI=1S/C15H10FNO2/c1-9-5-6-17-8-11(9)14(18)13-7-10-3-2-4-12(16)15(10)19-13/h2-8H,1H3. The maximum absolute atomic E-state index is 13.5. The van der Waals surface area contributed by atoms with Crippen molar-refractivity contribution in [1.29, 1.82) is 0 Å². The van der Waals surface area contributed by atoms with E-state index in [2.05, 4.69) is 4.98 Å². The van der Waals surface area contributed by atoms with Crippen LogP contribution in [0, 0.1) is 12.7 Å². The summed E-state index contributed by atoms with van der Waals surface area (Å²) in [5, 5.41) is 0.574. The highest BCUT2D eigenvalue weighted by molar-refractivity contribution is 6.09. The number of carbonyl (C=O) groups is 1. The molecular formula is C15H10FNO2. The zero-order chi connectivity index (χ0) is 13.4. The molecule has 0 saturated carbocycles. The van der Waals surface area contributed by atoms with Gasteiger partial charge in [0.15, 0.2) is 17.2 Å². The Kier molecular flexibility index (Phi) is 2.63. The first kappa shape index (κ1) is 11.6. The molecule has 94 valence electrons. The maximum atomic E-state index is 13.5. The van der Waals surface area contributed by atoms with Gasteiger partial charge in [0.2, 0.25) is 5.78 Å². The molecule has 0 amide bonds. The molecule has 0 aliphatic rings. The van der Waals surface area contributed by atoms with Gasteiger partial charge in [-0.3, -0.25) is 9.78 Å². The topological polar surface area (TPSA) is 43.1 Å². The van der Waals surface area contributed by atoms with Gasteiger partial charge < -0.3 is 4.42 Å². The predicted octanol–water partition coefficient (Wildman–Crippen LogP) is 3.51. The van der Waals surface area contributed by atoms with Gasteiger partial charge in [-0.05, 0) is 30.7 Å². The van der Waals surface area contributed by atoms with Gasteiger partial charge in [-0.15, -0.1) is 0 Å². The van der Waals surface area contributed by atoms with Crippen LogP contribution in [0.3, 0.4) is 0 Å². The van der Waals surface area contributed by atoms with Crippen molar-refractivity contribution in [2.75, 3.05) is 0 Å². The smallest absolute Gasteiger partial charge is 0.230 e. The lowest BCUT2D eigenvalue weighted by Gasteiger charge is -2.00. The highest BCUT2D eigenvalue weighted by atomic mass is 19.1. The molecule has 0 fully saturated rings. The van der Waals surface area contributed by atoms with Gasteiger partial charge in [-0.1, -0.05) is 12.1 Å². The number of pyridine rings is 1. The number of aromatic nitrogens is 1. The molecule has 0 aliphatic heterocycles. The number of hydrogen-bond donors (Lipinski definition) is 0. The molecule has 2 aromatic heterocycles. The summed E-state index contributed by atoms with van der Waals surface area (Å²) in [4.78, 5) is 16.2. The van der Waals surface area contributed by atoms with Crippen molar-refractivity contribution in [2.45, 2.75) is 6.92 Å². The number of para-hydroxylation sites is 1. The van der Waals surface area contributed by atoms with Crippen molar-refractivity contribution in [1.82, 2.24) is 4.98 Å². The lowest BCUT2D eigenvalue weighted by atomic mass is 10.1. The van der Waals surface area contributed by atoms with E-state index >= 15 is 0 Å². The predicted molar refractivity (Wildman–Crippen MR) is 68.6 cm³/mol. The van der Waals surface area contributed by atoms with Crippen LogP contribution in [-0.4, -0.2) is 10.8 Å². The van der Waals surface area contributed by atoms with Gasteiger partial charge in [0.25, 0.3) is 0 Å². The summed E-state index contributed by atoms with van der Waals surface area (Å²) >= 11 is 0. The number of ketones is 1. The number of hydrogen-bond acceptors (Lipinski definition) is 3. The quantitative estimate of drug-likeness (QED) is 0.658. The average molecular weight is 255 g/mol. The minimum Gasteiger partial charge on any atom is -0.449 e. The number of halogens is 1. The minimum atomic E-state index is -0.473. The molecular weight excluding hydrogens is 245 g/mol. The van der Waals surface area contributed by atoms with E-state index in [0.717, 1.165) is 5.56 Å². The van der Waals surface area contributed by atoms with Crippen molar-refractivity contribution in [3.63, 3.8) is 0 Å². The van der Waals surface area contributed by atoms with Crippen molar-refractivity contribution in [3.8, 4) is 0 Å². The zero-order valence-corrected chi connectivity index (χ0v) is 10.2. The fraction of sp³-hybridized carbons (Fsp3) is 0.0667. The van der Waals surface area contributed by atoms with Crippen LogP contribution in [0.25, 0.3) is 11.0 Å². The van der Waals surface area contributed by atoms with E-state index in [1.165, 1.54) is 12.3 Å². The lowest BCUT2D eigenvalue weighted by Crippen LogP contribution is -2.02. The molecule has 2 heterocycles. The fourth-order valence-electron chi connectivity index (χ4n) is 1.97. The average Bonchev–Trinajstić information content (AvgIpc) is 2.84. The third-order valence-corrected chi connectivity index (χ3v) is 3.00. The van der Waals surface area contributed by atoms with Crippen LogP contribution in [0.2, 0.25) is 0 Å². The second kappa shape index (κ2) is 4.31.